The molecule has 0 aliphatic rings. The number of aliphatic imine (C=N–C) groups is 1. The Hall–Kier alpha value is -3.13. The highest BCUT2D eigenvalue weighted by atomic mass is 16.5. The minimum absolute atomic E-state index is 0.671. The molecule has 0 aliphatic carbocycles. The van der Waals surface area contributed by atoms with E-state index in [0.29, 0.717) is 6.61 Å². The van der Waals surface area contributed by atoms with Gasteiger partial charge < -0.3 is 4.74 Å². The molecule has 0 spiro atoms. The number of benzene rings is 4. The van der Waals surface area contributed by atoms with Crippen molar-refractivity contribution in [1.82, 2.24) is 0 Å². The van der Waals surface area contributed by atoms with Gasteiger partial charge in [-0.25, -0.2) is 0 Å². The molecule has 4 rings (SSSR count). The van der Waals surface area contributed by atoms with Gasteiger partial charge in [0.15, 0.2) is 0 Å². The molecule has 0 atom stereocenters. The second-order valence-corrected chi connectivity index (χ2v) is 5.92. The van der Waals surface area contributed by atoms with E-state index in [0.717, 1.165) is 17.0 Å². The van der Waals surface area contributed by atoms with Crippen molar-refractivity contribution in [2.75, 3.05) is 6.61 Å². The summed E-state index contributed by atoms with van der Waals surface area (Å²) in [5.41, 5.74) is 2.07. The van der Waals surface area contributed by atoms with E-state index in [9.17, 15) is 0 Å². The zero-order chi connectivity index (χ0) is 17.1. The fourth-order valence-corrected chi connectivity index (χ4v) is 3.12. The van der Waals surface area contributed by atoms with Gasteiger partial charge in [0.25, 0.3) is 0 Å². The van der Waals surface area contributed by atoms with E-state index in [1.54, 1.807) is 0 Å². The van der Waals surface area contributed by atoms with Crippen LogP contribution in [0.3, 0.4) is 0 Å². The highest BCUT2D eigenvalue weighted by molar-refractivity contribution is 6.13. The van der Waals surface area contributed by atoms with Crippen LogP contribution in [0, 0.1) is 0 Å². The van der Waals surface area contributed by atoms with Crippen LogP contribution in [-0.4, -0.2) is 12.8 Å². The van der Waals surface area contributed by atoms with E-state index in [4.69, 9.17) is 9.73 Å². The first-order valence-corrected chi connectivity index (χ1v) is 8.52. The number of fused-ring (bicyclic) bond motifs is 2. The first-order valence-electron chi connectivity index (χ1n) is 8.52. The first kappa shape index (κ1) is 15.4. The lowest BCUT2D eigenvalue weighted by Gasteiger charge is -2.08. The van der Waals surface area contributed by atoms with E-state index in [1.165, 1.54) is 21.5 Å². The van der Waals surface area contributed by atoms with Gasteiger partial charge in [-0.05, 0) is 58.8 Å². The van der Waals surface area contributed by atoms with Gasteiger partial charge >= 0.3 is 0 Å². The quantitative estimate of drug-likeness (QED) is 0.326. The molecular formula is C23H19NO. The van der Waals surface area contributed by atoms with Crippen LogP contribution in [0.4, 0.5) is 5.69 Å². The molecule has 0 aliphatic heterocycles. The van der Waals surface area contributed by atoms with Gasteiger partial charge in [-0.3, -0.25) is 4.99 Å². The lowest BCUT2D eigenvalue weighted by atomic mass is 9.97. The van der Waals surface area contributed by atoms with Crippen LogP contribution in [-0.2, 0) is 0 Å². The van der Waals surface area contributed by atoms with E-state index < -0.39 is 0 Å². The van der Waals surface area contributed by atoms with Crippen LogP contribution in [0.2, 0.25) is 0 Å². The summed E-state index contributed by atoms with van der Waals surface area (Å²) in [6.07, 6.45) is 1.97. The molecule has 0 radical (unpaired) electrons. The SMILES string of the molecule is CCOc1ccc(N=Cc2c3ccccc3cc3ccccc23)cc1. The number of ether oxygens (including phenoxy) is 1. The van der Waals surface area contributed by atoms with Gasteiger partial charge in [0.05, 0.1) is 12.3 Å². The fourth-order valence-electron chi connectivity index (χ4n) is 3.12. The monoisotopic (exact) mass is 325 g/mol. The Morgan fingerprint density at radius 3 is 2.00 bits per heavy atom. The van der Waals surface area contributed by atoms with Gasteiger partial charge in [0.2, 0.25) is 0 Å². The van der Waals surface area contributed by atoms with Gasteiger partial charge in [-0.2, -0.15) is 0 Å². The van der Waals surface area contributed by atoms with Crippen molar-refractivity contribution in [2.24, 2.45) is 4.99 Å². The van der Waals surface area contributed by atoms with Crippen LogP contribution >= 0.6 is 0 Å². The third-order valence-electron chi connectivity index (χ3n) is 4.30. The average molecular weight is 325 g/mol. The molecule has 0 heterocycles. The van der Waals surface area contributed by atoms with Crippen molar-refractivity contribution < 1.29 is 4.74 Å². The minimum Gasteiger partial charge on any atom is -0.494 e. The molecule has 2 heteroatoms. The van der Waals surface area contributed by atoms with Gasteiger partial charge in [-0.1, -0.05) is 48.5 Å². The maximum Gasteiger partial charge on any atom is 0.119 e. The normalized spacial score (nSPS) is 11.4. The summed E-state index contributed by atoms with van der Waals surface area (Å²) in [6.45, 7) is 2.66. The van der Waals surface area contributed by atoms with E-state index >= 15 is 0 Å². The summed E-state index contributed by atoms with van der Waals surface area (Å²) in [5.74, 6) is 0.872. The van der Waals surface area contributed by atoms with E-state index in [1.807, 2.05) is 37.4 Å². The molecule has 4 aromatic rings. The van der Waals surface area contributed by atoms with Crippen LogP contribution < -0.4 is 4.74 Å². The zero-order valence-electron chi connectivity index (χ0n) is 14.1. The third-order valence-corrected chi connectivity index (χ3v) is 4.30. The predicted molar refractivity (Wildman–Crippen MR) is 106 cm³/mol. The largest absolute Gasteiger partial charge is 0.494 e. The third kappa shape index (κ3) is 3.11. The summed E-state index contributed by atoms with van der Waals surface area (Å²) in [6, 6.07) is 27.0. The summed E-state index contributed by atoms with van der Waals surface area (Å²) >= 11 is 0. The molecule has 0 saturated heterocycles. The second kappa shape index (κ2) is 6.78. The minimum atomic E-state index is 0.671. The van der Waals surface area contributed by atoms with Gasteiger partial charge in [0.1, 0.15) is 5.75 Å². The first-order chi connectivity index (χ1) is 12.3. The maximum atomic E-state index is 5.49. The molecule has 0 saturated carbocycles. The van der Waals surface area contributed by atoms with Crippen molar-refractivity contribution in [3.8, 4) is 5.75 Å². The van der Waals surface area contributed by atoms with Crippen LogP contribution in [0.5, 0.6) is 5.75 Å². The lowest BCUT2D eigenvalue weighted by Crippen LogP contribution is -1.90. The Morgan fingerprint density at radius 2 is 1.40 bits per heavy atom. The lowest BCUT2D eigenvalue weighted by molar-refractivity contribution is 0.340. The molecule has 122 valence electrons. The molecule has 0 fully saturated rings. The number of hydrogen-bond acceptors (Lipinski definition) is 2. The van der Waals surface area contributed by atoms with Crippen LogP contribution in [0.1, 0.15) is 12.5 Å². The smallest absolute Gasteiger partial charge is 0.119 e. The highest BCUT2D eigenvalue weighted by Crippen LogP contribution is 2.28. The Morgan fingerprint density at radius 1 is 0.800 bits per heavy atom. The maximum absolute atomic E-state index is 5.49. The Kier molecular flexibility index (Phi) is 4.17. The molecule has 0 aromatic heterocycles. The number of rotatable bonds is 4. The molecule has 0 N–H and O–H groups in total. The summed E-state index contributed by atoms with van der Waals surface area (Å²) in [4.78, 5) is 4.70. The number of nitrogens with zero attached hydrogens (tertiary/aromatic N) is 1. The standard InChI is InChI=1S/C23H19NO/c1-2-25-20-13-11-19(12-14-20)24-16-23-21-9-5-3-7-17(21)15-18-8-4-6-10-22(18)23/h3-16H,2H2,1H3. The summed E-state index contributed by atoms with van der Waals surface area (Å²) in [7, 11) is 0. The Bertz CT molecular complexity index is 995. The van der Waals surface area contributed by atoms with E-state index in [2.05, 4.69) is 54.6 Å². The predicted octanol–water partition coefficient (Wildman–Crippen LogP) is 6.14. The van der Waals surface area contributed by atoms with Crippen molar-refractivity contribution >= 4 is 33.4 Å². The summed E-state index contributed by atoms with van der Waals surface area (Å²) in [5, 5.41) is 4.90. The average Bonchev–Trinajstić information content (AvgIpc) is 2.66. The molecule has 4 aromatic carbocycles. The molecule has 25 heavy (non-hydrogen) atoms. The van der Waals surface area contributed by atoms with Crippen molar-refractivity contribution in [3.05, 3.63) is 84.4 Å². The summed E-state index contributed by atoms with van der Waals surface area (Å²) < 4.78 is 5.49. The van der Waals surface area contributed by atoms with Crippen molar-refractivity contribution in [1.29, 1.82) is 0 Å². The topological polar surface area (TPSA) is 21.6 Å². The Balaban J connectivity index is 1.81. The molecular weight excluding hydrogens is 306 g/mol. The van der Waals surface area contributed by atoms with Crippen LogP contribution in [0.15, 0.2) is 83.9 Å². The molecule has 0 amide bonds. The van der Waals surface area contributed by atoms with E-state index in [-0.39, 0.29) is 0 Å². The fraction of sp³-hybridized carbons (Fsp3) is 0.0870. The molecule has 2 nitrogen and oxygen atoms in total. The van der Waals surface area contributed by atoms with Crippen molar-refractivity contribution in [2.45, 2.75) is 6.92 Å². The highest BCUT2D eigenvalue weighted by Gasteiger charge is 2.05. The Labute approximate surface area is 147 Å². The molecule has 0 unspecified atom stereocenters. The van der Waals surface area contributed by atoms with Crippen molar-refractivity contribution in [3.63, 3.8) is 0 Å². The zero-order valence-corrected chi connectivity index (χ0v) is 14.1. The van der Waals surface area contributed by atoms with Gasteiger partial charge in [-0.15, -0.1) is 0 Å². The number of hydrogen-bond donors (Lipinski definition) is 0. The van der Waals surface area contributed by atoms with Crippen LogP contribution in [0.25, 0.3) is 21.5 Å². The second-order valence-electron chi connectivity index (χ2n) is 5.92. The van der Waals surface area contributed by atoms with Gasteiger partial charge in [0, 0.05) is 11.8 Å². The molecule has 0 bridgehead atoms.